The standard InChI is InChI=1S/C22H23Cl3N4O2S/c1-22(2,3)13-5-7-14(8-6-13)31-11-19-27-28-21(29(19)4)32-12-20(30)26-18-10-16(24)15(23)9-17(18)25/h5-10H,11-12H2,1-4H3,(H,26,30). The molecule has 0 atom stereocenters. The number of thioether (sulfide) groups is 1. The predicted molar refractivity (Wildman–Crippen MR) is 131 cm³/mol. The average Bonchev–Trinajstić information content (AvgIpc) is 3.08. The highest BCUT2D eigenvalue weighted by Crippen LogP contribution is 2.32. The number of rotatable bonds is 7. The van der Waals surface area contributed by atoms with Gasteiger partial charge in [0.2, 0.25) is 5.91 Å². The molecule has 32 heavy (non-hydrogen) atoms. The van der Waals surface area contributed by atoms with Crippen LogP contribution in [-0.4, -0.2) is 26.4 Å². The van der Waals surface area contributed by atoms with Crippen LogP contribution in [0, 0.1) is 0 Å². The second-order valence-corrected chi connectivity index (χ2v) is 10.3. The maximum atomic E-state index is 12.3. The van der Waals surface area contributed by atoms with E-state index >= 15 is 0 Å². The monoisotopic (exact) mass is 512 g/mol. The third-order valence-electron chi connectivity index (χ3n) is 4.63. The summed E-state index contributed by atoms with van der Waals surface area (Å²) in [5.41, 5.74) is 1.73. The number of halogens is 3. The number of aromatic nitrogens is 3. The lowest BCUT2D eigenvalue weighted by Crippen LogP contribution is -2.15. The largest absolute Gasteiger partial charge is 0.486 e. The molecule has 0 bridgehead atoms. The molecule has 0 fully saturated rings. The Morgan fingerprint density at radius 1 is 1.06 bits per heavy atom. The van der Waals surface area contributed by atoms with Gasteiger partial charge in [0.15, 0.2) is 11.0 Å². The second-order valence-electron chi connectivity index (χ2n) is 8.10. The average molecular weight is 514 g/mol. The summed E-state index contributed by atoms with van der Waals surface area (Å²) < 4.78 is 7.64. The Kier molecular flexibility index (Phi) is 7.98. The van der Waals surface area contributed by atoms with Gasteiger partial charge in [-0.05, 0) is 35.2 Å². The van der Waals surface area contributed by atoms with Gasteiger partial charge in [-0.2, -0.15) is 0 Å². The lowest BCUT2D eigenvalue weighted by molar-refractivity contribution is -0.113. The Morgan fingerprint density at radius 2 is 1.72 bits per heavy atom. The molecule has 0 aliphatic heterocycles. The van der Waals surface area contributed by atoms with Crippen molar-refractivity contribution in [2.75, 3.05) is 11.1 Å². The van der Waals surface area contributed by atoms with Gasteiger partial charge >= 0.3 is 0 Å². The van der Waals surface area contributed by atoms with Gasteiger partial charge in [-0.25, -0.2) is 0 Å². The summed E-state index contributed by atoms with van der Waals surface area (Å²) in [6, 6.07) is 11.0. The normalized spacial score (nSPS) is 11.5. The fourth-order valence-corrected chi connectivity index (χ4v) is 4.05. The lowest BCUT2D eigenvalue weighted by Gasteiger charge is -2.19. The third-order valence-corrected chi connectivity index (χ3v) is 6.68. The Bertz CT molecular complexity index is 1110. The molecule has 0 saturated carbocycles. The van der Waals surface area contributed by atoms with E-state index in [0.29, 0.717) is 31.7 Å². The number of ether oxygens (including phenoxy) is 1. The summed E-state index contributed by atoms with van der Waals surface area (Å²) in [6.45, 7) is 6.77. The van der Waals surface area contributed by atoms with E-state index in [1.165, 1.54) is 29.5 Å². The van der Waals surface area contributed by atoms with Crippen molar-refractivity contribution in [2.24, 2.45) is 7.05 Å². The van der Waals surface area contributed by atoms with Crippen molar-refractivity contribution in [1.82, 2.24) is 14.8 Å². The first-order chi connectivity index (χ1) is 15.0. The van der Waals surface area contributed by atoms with Gasteiger partial charge in [0.1, 0.15) is 12.4 Å². The highest BCUT2D eigenvalue weighted by atomic mass is 35.5. The molecule has 1 heterocycles. The molecule has 3 aromatic rings. The zero-order valence-electron chi connectivity index (χ0n) is 18.1. The van der Waals surface area contributed by atoms with Crippen molar-refractivity contribution in [3.63, 3.8) is 0 Å². The van der Waals surface area contributed by atoms with Crippen LogP contribution in [0.4, 0.5) is 5.69 Å². The summed E-state index contributed by atoms with van der Waals surface area (Å²) in [5.74, 6) is 1.28. The Labute approximate surface area is 206 Å². The van der Waals surface area contributed by atoms with Crippen LogP contribution < -0.4 is 10.1 Å². The molecular weight excluding hydrogens is 491 g/mol. The SMILES string of the molecule is Cn1c(COc2ccc(C(C)(C)C)cc2)nnc1SCC(=O)Nc1cc(Cl)c(Cl)cc1Cl. The molecular formula is C22H23Cl3N4O2S. The number of nitrogens with zero attached hydrogens (tertiary/aromatic N) is 3. The van der Waals surface area contributed by atoms with E-state index in [2.05, 4.69) is 48.4 Å². The van der Waals surface area contributed by atoms with Crippen molar-refractivity contribution in [2.45, 2.75) is 37.9 Å². The van der Waals surface area contributed by atoms with Gasteiger partial charge < -0.3 is 14.6 Å². The molecule has 1 N–H and O–H groups in total. The van der Waals surface area contributed by atoms with E-state index in [-0.39, 0.29) is 23.7 Å². The van der Waals surface area contributed by atoms with E-state index in [0.717, 1.165) is 5.75 Å². The molecule has 3 rings (SSSR count). The number of carbonyl (C=O) groups excluding carboxylic acids is 1. The van der Waals surface area contributed by atoms with Crippen molar-refractivity contribution < 1.29 is 9.53 Å². The van der Waals surface area contributed by atoms with Gasteiger partial charge in [-0.15, -0.1) is 10.2 Å². The van der Waals surface area contributed by atoms with Crippen LogP contribution in [0.1, 0.15) is 32.2 Å². The number of nitrogens with one attached hydrogen (secondary N) is 1. The molecule has 6 nitrogen and oxygen atoms in total. The molecule has 0 unspecified atom stereocenters. The number of anilines is 1. The quantitative estimate of drug-likeness (QED) is 0.293. The van der Waals surface area contributed by atoms with Gasteiger partial charge in [-0.1, -0.05) is 79.5 Å². The number of benzene rings is 2. The fraction of sp³-hybridized carbons (Fsp3) is 0.318. The number of hydrogen-bond acceptors (Lipinski definition) is 5. The van der Waals surface area contributed by atoms with Gasteiger partial charge in [0.05, 0.1) is 26.5 Å². The Morgan fingerprint density at radius 3 is 2.38 bits per heavy atom. The number of amides is 1. The van der Waals surface area contributed by atoms with E-state index in [1.807, 2.05) is 19.2 Å². The Balaban J connectivity index is 1.54. The van der Waals surface area contributed by atoms with Crippen LogP contribution >= 0.6 is 46.6 Å². The lowest BCUT2D eigenvalue weighted by atomic mass is 9.87. The van der Waals surface area contributed by atoms with Crippen molar-refractivity contribution >= 4 is 58.2 Å². The van der Waals surface area contributed by atoms with E-state index in [1.54, 1.807) is 4.57 Å². The minimum absolute atomic E-state index is 0.0890. The van der Waals surface area contributed by atoms with Crippen LogP contribution in [0.15, 0.2) is 41.6 Å². The molecule has 170 valence electrons. The smallest absolute Gasteiger partial charge is 0.234 e. The number of hydrogen-bond donors (Lipinski definition) is 1. The van der Waals surface area contributed by atoms with Crippen molar-refractivity contribution in [3.05, 3.63) is 62.9 Å². The van der Waals surface area contributed by atoms with Crippen LogP contribution in [-0.2, 0) is 23.9 Å². The van der Waals surface area contributed by atoms with E-state index in [4.69, 9.17) is 39.5 Å². The highest BCUT2D eigenvalue weighted by Gasteiger charge is 2.15. The topological polar surface area (TPSA) is 69.0 Å². The molecule has 1 amide bonds. The highest BCUT2D eigenvalue weighted by molar-refractivity contribution is 7.99. The van der Waals surface area contributed by atoms with Crippen LogP contribution in [0.2, 0.25) is 15.1 Å². The first kappa shape index (κ1) is 24.7. The predicted octanol–water partition coefficient (Wildman–Crippen LogP) is 6.38. The first-order valence-electron chi connectivity index (χ1n) is 9.73. The maximum absolute atomic E-state index is 12.3. The van der Waals surface area contributed by atoms with Gasteiger partial charge in [0.25, 0.3) is 0 Å². The maximum Gasteiger partial charge on any atom is 0.234 e. The number of carbonyl (C=O) groups is 1. The van der Waals surface area contributed by atoms with Crippen molar-refractivity contribution in [3.8, 4) is 5.75 Å². The zero-order chi connectivity index (χ0) is 23.5. The molecule has 1 aromatic heterocycles. The molecule has 0 radical (unpaired) electrons. The summed E-state index contributed by atoms with van der Waals surface area (Å²) in [6.07, 6.45) is 0. The summed E-state index contributed by atoms with van der Waals surface area (Å²) >= 11 is 19.3. The van der Waals surface area contributed by atoms with Crippen LogP contribution in [0.25, 0.3) is 0 Å². The van der Waals surface area contributed by atoms with Crippen molar-refractivity contribution in [1.29, 1.82) is 0 Å². The zero-order valence-corrected chi connectivity index (χ0v) is 21.2. The summed E-state index contributed by atoms with van der Waals surface area (Å²) in [5, 5.41) is 12.6. The molecule has 0 saturated heterocycles. The summed E-state index contributed by atoms with van der Waals surface area (Å²) in [4.78, 5) is 12.3. The Hall–Kier alpha value is -1.93. The van der Waals surface area contributed by atoms with E-state index < -0.39 is 0 Å². The van der Waals surface area contributed by atoms with Gasteiger partial charge in [0, 0.05) is 7.05 Å². The minimum atomic E-state index is -0.255. The van der Waals surface area contributed by atoms with E-state index in [9.17, 15) is 4.79 Å². The third kappa shape index (κ3) is 6.32. The molecule has 0 aliphatic rings. The molecule has 0 spiro atoms. The molecule has 2 aromatic carbocycles. The molecule has 0 aliphatic carbocycles. The fourth-order valence-electron chi connectivity index (χ4n) is 2.73. The minimum Gasteiger partial charge on any atom is -0.486 e. The first-order valence-corrected chi connectivity index (χ1v) is 11.9. The second kappa shape index (κ2) is 10.3. The molecule has 10 heteroatoms. The van der Waals surface area contributed by atoms with Gasteiger partial charge in [-0.3, -0.25) is 4.79 Å². The summed E-state index contributed by atoms with van der Waals surface area (Å²) in [7, 11) is 1.83. The van der Waals surface area contributed by atoms with Crippen LogP contribution in [0.3, 0.4) is 0 Å². The van der Waals surface area contributed by atoms with Crippen LogP contribution in [0.5, 0.6) is 5.75 Å².